The van der Waals surface area contributed by atoms with Crippen molar-refractivity contribution in [1.82, 2.24) is 14.8 Å². The molecule has 2 aromatic heterocycles. The van der Waals surface area contributed by atoms with Crippen molar-refractivity contribution in [2.45, 2.75) is 6.54 Å². The Kier molecular flexibility index (Phi) is 4.80. The van der Waals surface area contributed by atoms with Gasteiger partial charge in [0.1, 0.15) is 0 Å². The Bertz CT molecular complexity index is 992. The molecule has 0 radical (unpaired) electrons. The SMILES string of the molecule is O=C(c1cccs1)N1CCN(Cc2cc(=O)c3cccc(Cl)c3[nH]2)CC1. The van der Waals surface area contributed by atoms with E-state index in [1.54, 1.807) is 24.3 Å². The van der Waals surface area contributed by atoms with Crippen molar-refractivity contribution in [3.63, 3.8) is 0 Å². The number of nitrogens with zero attached hydrogens (tertiary/aromatic N) is 2. The summed E-state index contributed by atoms with van der Waals surface area (Å²) in [6, 6.07) is 10.7. The number of nitrogens with one attached hydrogen (secondary N) is 1. The third-order valence-corrected chi connectivity index (χ3v) is 5.83. The topological polar surface area (TPSA) is 56.4 Å². The number of amides is 1. The first-order chi connectivity index (χ1) is 12.6. The average molecular weight is 388 g/mol. The van der Waals surface area contributed by atoms with Crippen molar-refractivity contribution < 1.29 is 4.79 Å². The summed E-state index contributed by atoms with van der Waals surface area (Å²) in [4.78, 5) is 32.9. The van der Waals surface area contributed by atoms with Gasteiger partial charge >= 0.3 is 0 Å². The van der Waals surface area contributed by atoms with Crippen LogP contribution >= 0.6 is 22.9 Å². The summed E-state index contributed by atoms with van der Waals surface area (Å²) < 4.78 is 0. The Morgan fingerprint density at radius 3 is 2.69 bits per heavy atom. The summed E-state index contributed by atoms with van der Waals surface area (Å²) in [5.41, 5.74) is 1.50. The van der Waals surface area contributed by atoms with Crippen LogP contribution in [0.1, 0.15) is 15.4 Å². The summed E-state index contributed by atoms with van der Waals surface area (Å²) in [6.45, 7) is 3.57. The molecule has 1 aromatic carbocycles. The molecule has 1 amide bonds. The molecule has 1 aliphatic rings. The molecule has 5 nitrogen and oxygen atoms in total. The van der Waals surface area contributed by atoms with Gasteiger partial charge in [-0.1, -0.05) is 23.7 Å². The van der Waals surface area contributed by atoms with Crippen LogP contribution in [0.3, 0.4) is 0 Å². The lowest BCUT2D eigenvalue weighted by Crippen LogP contribution is -2.48. The van der Waals surface area contributed by atoms with Gasteiger partial charge in [-0.15, -0.1) is 11.3 Å². The molecule has 1 N–H and O–H groups in total. The molecule has 3 heterocycles. The second kappa shape index (κ2) is 7.23. The lowest BCUT2D eigenvalue weighted by atomic mass is 10.2. The molecule has 134 valence electrons. The molecule has 0 bridgehead atoms. The van der Waals surface area contributed by atoms with Gasteiger partial charge in [-0.25, -0.2) is 0 Å². The van der Waals surface area contributed by atoms with E-state index < -0.39 is 0 Å². The summed E-state index contributed by atoms with van der Waals surface area (Å²) in [7, 11) is 0. The predicted molar refractivity (Wildman–Crippen MR) is 105 cm³/mol. The second-order valence-electron chi connectivity index (χ2n) is 6.37. The molecule has 0 unspecified atom stereocenters. The van der Waals surface area contributed by atoms with Crippen molar-refractivity contribution in [3.8, 4) is 0 Å². The highest BCUT2D eigenvalue weighted by Gasteiger charge is 2.23. The van der Waals surface area contributed by atoms with Crippen molar-refractivity contribution >= 4 is 39.7 Å². The quantitative estimate of drug-likeness (QED) is 0.750. The van der Waals surface area contributed by atoms with E-state index in [0.29, 0.717) is 35.6 Å². The number of halogens is 1. The minimum Gasteiger partial charge on any atom is -0.356 e. The Balaban J connectivity index is 1.45. The number of rotatable bonds is 3. The molecule has 1 saturated heterocycles. The lowest BCUT2D eigenvalue weighted by Gasteiger charge is -2.34. The highest BCUT2D eigenvalue weighted by Crippen LogP contribution is 2.20. The molecular formula is C19H18ClN3O2S. The maximum atomic E-state index is 12.4. The smallest absolute Gasteiger partial charge is 0.264 e. The number of para-hydroxylation sites is 1. The summed E-state index contributed by atoms with van der Waals surface area (Å²) in [6.07, 6.45) is 0. The van der Waals surface area contributed by atoms with Crippen LogP contribution in [0.4, 0.5) is 0 Å². The standard InChI is InChI=1S/C19H18ClN3O2S/c20-15-4-1-3-14-16(24)11-13(21-18(14)15)12-22-6-8-23(9-7-22)19(25)17-5-2-10-26-17/h1-5,10-11H,6-9,12H2,(H,21,24). The Morgan fingerprint density at radius 1 is 1.15 bits per heavy atom. The molecular weight excluding hydrogens is 370 g/mol. The Labute approximate surface area is 159 Å². The third kappa shape index (κ3) is 3.40. The number of H-pyrrole nitrogens is 1. The molecule has 0 atom stereocenters. The van der Waals surface area contributed by atoms with Gasteiger partial charge in [0.2, 0.25) is 0 Å². The normalized spacial score (nSPS) is 15.5. The van der Waals surface area contributed by atoms with E-state index in [1.165, 1.54) is 11.3 Å². The minimum atomic E-state index is -0.0252. The zero-order valence-electron chi connectivity index (χ0n) is 14.1. The van der Waals surface area contributed by atoms with Gasteiger partial charge < -0.3 is 9.88 Å². The molecule has 0 aliphatic carbocycles. The van der Waals surface area contributed by atoms with E-state index in [9.17, 15) is 9.59 Å². The van der Waals surface area contributed by atoms with Crippen LogP contribution in [0, 0.1) is 0 Å². The fourth-order valence-electron chi connectivity index (χ4n) is 3.28. The van der Waals surface area contributed by atoms with Crippen molar-refractivity contribution in [3.05, 3.63) is 67.6 Å². The van der Waals surface area contributed by atoms with Gasteiger partial charge in [-0.05, 0) is 23.6 Å². The number of thiophene rings is 1. The first kappa shape index (κ1) is 17.3. The van der Waals surface area contributed by atoms with Crippen LogP contribution in [-0.2, 0) is 6.54 Å². The first-order valence-electron chi connectivity index (χ1n) is 8.47. The van der Waals surface area contributed by atoms with Crippen LogP contribution in [0.25, 0.3) is 10.9 Å². The number of benzene rings is 1. The maximum absolute atomic E-state index is 12.4. The number of hydrogen-bond donors (Lipinski definition) is 1. The summed E-state index contributed by atoms with van der Waals surface area (Å²) >= 11 is 7.69. The number of carbonyl (C=O) groups excluding carboxylic acids is 1. The average Bonchev–Trinajstić information content (AvgIpc) is 3.17. The van der Waals surface area contributed by atoms with Crippen LogP contribution in [0.2, 0.25) is 5.02 Å². The number of fused-ring (bicyclic) bond motifs is 1. The van der Waals surface area contributed by atoms with Gasteiger partial charge in [-0.3, -0.25) is 14.5 Å². The molecule has 1 fully saturated rings. The number of piperazine rings is 1. The number of hydrogen-bond acceptors (Lipinski definition) is 4. The fourth-order valence-corrected chi connectivity index (χ4v) is 4.19. The Morgan fingerprint density at radius 2 is 1.96 bits per heavy atom. The van der Waals surface area contributed by atoms with Crippen LogP contribution < -0.4 is 5.43 Å². The molecule has 26 heavy (non-hydrogen) atoms. The summed E-state index contributed by atoms with van der Waals surface area (Å²) in [5, 5.41) is 3.07. The third-order valence-electron chi connectivity index (χ3n) is 4.66. The van der Waals surface area contributed by atoms with E-state index in [4.69, 9.17) is 11.6 Å². The highest BCUT2D eigenvalue weighted by molar-refractivity contribution is 7.12. The molecule has 1 aliphatic heterocycles. The lowest BCUT2D eigenvalue weighted by molar-refractivity contribution is 0.0632. The van der Waals surface area contributed by atoms with Gasteiger partial charge in [0.05, 0.1) is 15.4 Å². The number of pyridine rings is 1. The molecule has 0 saturated carbocycles. The van der Waals surface area contributed by atoms with Gasteiger partial charge in [0, 0.05) is 49.9 Å². The van der Waals surface area contributed by atoms with Gasteiger partial charge in [0.25, 0.3) is 5.91 Å². The minimum absolute atomic E-state index is 0.0252. The second-order valence-corrected chi connectivity index (χ2v) is 7.72. The van der Waals surface area contributed by atoms with Crippen molar-refractivity contribution in [2.24, 2.45) is 0 Å². The summed E-state index contributed by atoms with van der Waals surface area (Å²) in [5.74, 6) is 0.102. The molecule has 0 spiro atoms. The monoisotopic (exact) mass is 387 g/mol. The number of aromatic nitrogens is 1. The van der Waals surface area contributed by atoms with E-state index in [2.05, 4.69) is 9.88 Å². The van der Waals surface area contributed by atoms with Crippen LogP contribution in [-0.4, -0.2) is 46.9 Å². The fraction of sp³-hybridized carbons (Fsp3) is 0.263. The van der Waals surface area contributed by atoms with E-state index in [0.717, 1.165) is 23.7 Å². The van der Waals surface area contributed by atoms with Crippen molar-refractivity contribution in [1.29, 1.82) is 0 Å². The number of aromatic amines is 1. The Hall–Kier alpha value is -2.15. The zero-order valence-corrected chi connectivity index (χ0v) is 15.6. The van der Waals surface area contributed by atoms with E-state index in [-0.39, 0.29) is 11.3 Å². The maximum Gasteiger partial charge on any atom is 0.264 e. The zero-order chi connectivity index (χ0) is 18.1. The van der Waals surface area contributed by atoms with E-state index >= 15 is 0 Å². The van der Waals surface area contributed by atoms with Crippen LogP contribution in [0.5, 0.6) is 0 Å². The van der Waals surface area contributed by atoms with Crippen LogP contribution in [0.15, 0.2) is 46.6 Å². The predicted octanol–water partition coefficient (Wildman–Crippen LogP) is 3.20. The van der Waals surface area contributed by atoms with E-state index in [1.807, 2.05) is 22.4 Å². The first-order valence-corrected chi connectivity index (χ1v) is 9.73. The molecule has 4 rings (SSSR count). The molecule has 3 aromatic rings. The van der Waals surface area contributed by atoms with Gasteiger partial charge in [-0.2, -0.15) is 0 Å². The molecule has 7 heteroatoms. The number of carbonyl (C=O) groups is 1. The van der Waals surface area contributed by atoms with Crippen molar-refractivity contribution in [2.75, 3.05) is 26.2 Å². The largest absolute Gasteiger partial charge is 0.356 e. The highest BCUT2D eigenvalue weighted by atomic mass is 35.5. The van der Waals surface area contributed by atoms with Gasteiger partial charge in [0.15, 0.2) is 5.43 Å².